The highest BCUT2D eigenvalue weighted by molar-refractivity contribution is 7.23. The van der Waals surface area contributed by atoms with E-state index in [1.54, 1.807) is 0 Å². The van der Waals surface area contributed by atoms with E-state index in [1.165, 1.54) is 11.0 Å². The Hall–Kier alpha value is -3.64. The second kappa shape index (κ2) is 11.5. The maximum absolute atomic E-state index is 17.2. The molecule has 3 fully saturated rings. The third kappa shape index (κ3) is 4.76. The van der Waals surface area contributed by atoms with Crippen molar-refractivity contribution >= 4 is 54.7 Å². The van der Waals surface area contributed by atoms with Crippen LogP contribution in [0.5, 0.6) is 11.8 Å². The average Bonchev–Trinajstić information content (AvgIpc) is 3.65. The number of alkyl halides is 2. The molecule has 4 aliphatic rings. The molecule has 6 heterocycles. The number of hydrogen-bond donors (Lipinski definition) is 1. The molecule has 0 amide bonds. The summed E-state index contributed by atoms with van der Waals surface area (Å²) in [5.74, 6) is -4.38. The number of benzene rings is 2. The van der Waals surface area contributed by atoms with Crippen molar-refractivity contribution in [2.24, 2.45) is 5.92 Å². The van der Waals surface area contributed by atoms with Gasteiger partial charge in [-0.1, -0.05) is 24.6 Å². The van der Waals surface area contributed by atoms with Crippen LogP contribution in [0.25, 0.3) is 32.1 Å². The molecule has 0 saturated carbocycles. The van der Waals surface area contributed by atoms with Crippen molar-refractivity contribution in [2.75, 3.05) is 56.7 Å². The lowest BCUT2D eigenvalue weighted by atomic mass is 9.92. The summed E-state index contributed by atoms with van der Waals surface area (Å²) in [6, 6.07) is 2.93. The number of ether oxygens (including phenoxy) is 3. The maximum Gasteiger partial charge on any atom is 0.319 e. The van der Waals surface area contributed by atoms with E-state index in [1.807, 2.05) is 6.07 Å². The van der Waals surface area contributed by atoms with Crippen LogP contribution in [0, 0.1) is 28.9 Å². The van der Waals surface area contributed by atoms with Gasteiger partial charge in [0.2, 0.25) is 0 Å². The first-order valence-corrected chi connectivity index (χ1v) is 17.1. The van der Waals surface area contributed by atoms with E-state index in [9.17, 15) is 9.65 Å². The lowest BCUT2D eigenvalue weighted by Gasteiger charge is -2.37. The van der Waals surface area contributed by atoms with Crippen molar-refractivity contribution in [3.8, 4) is 29.0 Å². The standard InChI is InChI=1S/C33H31ClF4N6O3S/c1-16-11-32(6-2-7-43(32)13-16)14-47-31-41-26-23-27(46-9-5-20-33(37,38)15-45-10-8-44(20)30(23)42-31)24(34)22(25(26)36)17-3-4-19(35)28-21(17)18(12-39)29(40)48-28/h3-4,16,20H,2,5-11,13-15,40H2,1H3/t16-,20?,32+/m1/s1. The number of hydrogen-bond acceptors (Lipinski definition) is 10. The van der Waals surface area contributed by atoms with Crippen LogP contribution in [0.4, 0.5) is 28.4 Å². The molecule has 48 heavy (non-hydrogen) atoms. The number of halogens is 5. The molecule has 0 bridgehead atoms. The predicted molar refractivity (Wildman–Crippen MR) is 174 cm³/mol. The fourth-order valence-electron chi connectivity index (χ4n) is 8.15. The molecule has 0 radical (unpaired) electrons. The van der Waals surface area contributed by atoms with Crippen LogP contribution in [0.1, 0.15) is 38.2 Å². The maximum atomic E-state index is 17.2. The van der Waals surface area contributed by atoms with Gasteiger partial charge >= 0.3 is 6.01 Å². The molecule has 1 unspecified atom stereocenters. The summed E-state index contributed by atoms with van der Waals surface area (Å²) < 4.78 is 81.0. The van der Waals surface area contributed by atoms with Gasteiger partial charge in [-0.3, -0.25) is 4.90 Å². The van der Waals surface area contributed by atoms with Crippen LogP contribution in [-0.2, 0) is 4.74 Å². The smallest absolute Gasteiger partial charge is 0.319 e. The van der Waals surface area contributed by atoms with E-state index in [-0.39, 0.29) is 104 Å². The lowest BCUT2D eigenvalue weighted by molar-refractivity contribution is -0.0831. The molecule has 15 heteroatoms. The van der Waals surface area contributed by atoms with Gasteiger partial charge in [-0.25, -0.2) is 17.6 Å². The van der Waals surface area contributed by atoms with E-state index in [0.717, 1.165) is 49.8 Å². The summed E-state index contributed by atoms with van der Waals surface area (Å²) in [4.78, 5) is 13.0. The zero-order valence-electron chi connectivity index (χ0n) is 25.9. The van der Waals surface area contributed by atoms with Gasteiger partial charge in [0, 0.05) is 30.5 Å². The van der Waals surface area contributed by atoms with Crippen LogP contribution in [0.15, 0.2) is 12.1 Å². The second-order valence-electron chi connectivity index (χ2n) is 13.2. The molecule has 0 aliphatic carbocycles. The molecule has 252 valence electrons. The molecular weight excluding hydrogens is 672 g/mol. The van der Waals surface area contributed by atoms with E-state index in [0.29, 0.717) is 5.92 Å². The summed E-state index contributed by atoms with van der Waals surface area (Å²) >= 11 is 7.84. The number of aromatic nitrogens is 2. The molecule has 3 atom stereocenters. The normalized spacial score (nSPS) is 25.2. The van der Waals surface area contributed by atoms with Crippen molar-refractivity contribution in [3.05, 3.63) is 34.4 Å². The molecule has 2 aromatic heterocycles. The predicted octanol–water partition coefficient (Wildman–Crippen LogP) is 6.77. The minimum atomic E-state index is -3.27. The van der Waals surface area contributed by atoms with Gasteiger partial charge in [0.1, 0.15) is 41.4 Å². The summed E-state index contributed by atoms with van der Waals surface area (Å²) in [7, 11) is 0. The zero-order valence-corrected chi connectivity index (χ0v) is 27.5. The van der Waals surface area contributed by atoms with Gasteiger partial charge in [-0.15, -0.1) is 11.3 Å². The Morgan fingerprint density at radius 1 is 1.21 bits per heavy atom. The van der Waals surface area contributed by atoms with Crippen LogP contribution in [0.2, 0.25) is 5.02 Å². The van der Waals surface area contributed by atoms with Gasteiger partial charge in [-0.05, 0) is 43.4 Å². The zero-order chi connectivity index (χ0) is 33.5. The third-order valence-corrected chi connectivity index (χ3v) is 11.5. The average molecular weight is 703 g/mol. The molecule has 8 rings (SSSR count). The van der Waals surface area contributed by atoms with Gasteiger partial charge in [0.25, 0.3) is 5.92 Å². The lowest BCUT2D eigenvalue weighted by Crippen LogP contribution is -2.50. The molecular formula is C33H31ClF4N6O3S. The van der Waals surface area contributed by atoms with Crippen LogP contribution >= 0.6 is 22.9 Å². The highest BCUT2D eigenvalue weighted by Crippen LogP contribution is 2.51. The number of nitrogen functional groups attached to an aromatic ring is 1. The Bertz CT molecular complexity index is 2020. The molecule has 4 aliphatic heterocycles. The number of thiophene rings is 1. The van der Waals surface area contributed by atoms with E-state index < -0.39 is 30.2 Å². The summed E-state index contributed by atoms with van der Waals surface area (Å²) in [6.07, 6.45) is 2.75. The molecule has 2 aromatic carbocycles. The quantitative estimate of drug-likeness (QED) is 0.230. The van der Waals surface area contributed by atoms with Crippen molar-refractivity contribution in [2.45, 2.75) is 50.1 Å². The van der Waals surface area contributed by atoms with Gasteiger partial charge in [0.05, 0.1) is 45.5 Å². The van der Waals surface area contributed by atoms with Gasteiger partial charge in [-0.2, -0.15) is 15.2 Å². The van der Waals surface area contributed by atoms with Crippen LogP contribution < -0.4 is 20.1 Å². The Morgan fingerprint density at radius 2 is 2.04 bits per heavy atom. The molecule has 4 aromatic rings. The number of anilines is 2. The number of nitriles is 1. The van der Waals surface area contributed by atoms with Gasteiger partial charge < -0.3 is 24.8 Å². The molecule has 2 N–H and O–H groups in total. The summed E-state index contributed by atoms with van der Waals surface area (Å²) in [5.41, 5.74) is 5.49. The molecule has 3 saturated heterocycles. The highest BCUT2D eigenvalue weighted by atomic mass is 35.5. The number of fused-ring (bicyclic) bond motifs is 4. The van der Waals surface area contributed by atoms with Gasteiger partial charge in [0.15, 0.2) is 11.6 Å². The topological polar surface area (TPSA) is 110 Å². The SMILES string of the molecule is C[C@H]1CN2CCC[C@@]2(COc2nc3c4c(c(Cl)c(-c5ccc(F)c6sc(N)c(C#N)c56)c(F)c4n2)OCCC2N3CCOCC2(F)F)C1. The minimum absolute atomic E-state index is 0.00506. The second-order valence-corrected chi connectivity index (χ2v) is 14.6. The minimum Gasteiger partial charge on any atom is -0.491 e. The highest BCUT2D eigenvalue weighted by Gasteiger charge is 2.49. The number of rotatable bonds is 4. The largest absolute Gasteiger partial charge is 0.491 e. The Labute approximate surface area is 282 Å². The van der Waals surface area contributed by atoms with Crippen molar-refractivity contribution in [1.29, 1.82) is 5.26 Å². The van der Waals surface area contributed by atoms with E-state index in [2.05, 4.69) is 21.8 Å². The van der Waals surface area contributed by atoms with E-state index in [4.69, 9.17) is 31.5 Å². The van der Waals surface area contributed by atoms with Crippen molar-refractivity contribution in [3.63, 3.8) is 0 Å². The van der Waals surface area contributed by atoms with E-state index >= 15 is 13.2 Å². The van der Waals surface area contributed by atoms with Crippen molar-refractivity contribution in [1.82, 2.24) is 14.9 Å². The molecule has 0 spiro atoms. The van der Waals surface area contributed by atoms with Crippen LogP contribution in [0.3, 0.4) is 0 Å². The number of nitrogens with zero attached hydrogens (tertiary/aromatic N) is 5. The fraction of sp³-hybridized carbons (Fsp3) is 0.485. The monoisotopic (exact) mass is 702 g/mol. The molecule has 9 nitrogen and oxygen atoms in total. The third-order valence-electron chi connectivity index (χ3n) is 10.2. The van der Waals surface area contributed by atoms with Crippen LogP contribution in [-0.4, -0.2) is 78.4 Å². The fourth-order valence-corrected chi connectivity index (χ4v) is 9.44. The van der Waals surface area contributed by atoms with Crippen molar-refractivity contribution < 1.29 is 31.8 Å². The number of nitrogens with two attached hydrogens (primary N) is 1. The first-order valence-electron chi connectivity index (χ1n) is 15.9. The Morgan fingerprint density at radius 3 is 2.85 bits per heavy atom. The summed E-state index contributed by atoms with van der Waals surface area (Å²) in [5, 5.41) is 9.90. The first kappa shape index (κ1) is 31.6. The summed E-state index contributed by atoms with van der Waals surface area (Å²) in [6.45, 7) is 3.39. The Kier molecular flexibility index (Phi) is 7.56. The first-order chi connectivity index (χ1) is 23.0. The Balaban J connectivity index is 1.37.